The zero-order chi connectivity index (χ0) is 23.3. The molecule has 0 radical (unpaired) electrons. The zero-order valence-corrected chi connectivity index (χ0v) is 19.2. The van der Waals surface area contributed by atoms with Crippen LogP contribution in [-0.2, 0) is 14.8 Å². The van der Waals surface area contributed by atoms with Gasteiger partial charge < -0.3 is 5.11 Å². The van der Waals surface area contributed by atoms with Crippen molar-refractivity contribution in [2.45, 2.75) is 11.8 Å². The minimum Gasteiger partial charge on any atom is -0.507 e. The number of hydrogen-bond acceptors (Lipinski definition) is 5. The Kier molecular flexibility index (Phi) is 7.40. The number of rotatable bonds is 7. The number of phenolic OH excluding ortho intramolecular Hbond substituents is 1. The summed E-state index contributed by atoms with van der Waals surface area (Å²) in [6, 6.07) is 16.9. The molecule has 0 spiro atoms. The molecule has 3 aromatic rings. The average molecular weight is 492 g/mol. The van der Waals surface area contributed by atoms with Gasteiger partial charge in [0.05, 0.1) is 16.8 Å². The van der Waals surface area contributed by atoms with Crippen molar-refractivity contribution in [1.29, 1.82) is 0 Å². The molecule has 2 N–H and O–H groups in total. The quantitative estimate of drug-likeness (QED) is 0.378. The summed E-state index contributed by atoms with van der Waals surface area (Å²) >= 11 is 12.1. The molecule has 32 heavy (non-hydrogen) atoms. The topological polar surface area (TPSA) is 99.1 Å². The minimum absolute atomic E-state index is 0.00436. The van der Waals surface area contributed by atoms with Crippen LogP contribution in [0, 0.1) is 6.92 Å². The van der Waals surface area contributed by atoms with Crippen LogP contribution in [0.5, 0.6) is 5.75 Å². The number of nitrogens with zero attached hydrogens (tertiary/aromatic N) is 2. The van der Waals surface area contributed by atoms with E-state index in [1.165, 1.54) is 42.6 Å². The first-order valence-corrected chi connectivity index (χ1v) is 11.5. The summed E-state index contributed by atoms with van der Waals surface area (Å²) < 4.78 is 27.6. The maximum atomic E-state index is 13.3. The molecule has 0 atom stereocenters. The number of phenols is 1. The van der Waals surface area contributed by atoms with E-state index < -0.39 is 22.5 Å². The first-order chi connectivity index (χ1) is 15.2. The Bertz CT molecular complexity index is 1240. The molecule has 0 aliphatic heterocycles. The van der Waals surface area contributed by atoms with Crippen LogP contribution in [0.2, 0.25) is 10.0 Å². The smallest absolute Gasteiger partial charge is 0.264 e. The second-order valence-corrected chi connectivity index (χ2v) is 9.54. The van der Waals surface area contributed by atoms with E-state index in [2.05, 4.69) is 10.5 Å². The number of anilines is 1. The van der Waals surface area contributed by atoms with E-state index in [0.717, 1.165) is 9.87 Å². The Labute approximate surface area is 196 Å². The highest BCUT2D eigenvalue weighted by molar-refractivity contribution is 7.92. The molecule has 0 aromatic heterocycles. The third-order valence-corrected chi connectivity index (χ3v) is 6.59. The van der Waals surface area contributed by atoms with E-state index >= 15 is 0 Å². The number of halogens is 2. The fourth-order valence-corrected chi connectivity index (χ4v) is 4.69. The third-order valence-electron chi connectivity index (χ3n) is 4.36. The number of nitrogens with one attached hydrogen (secondary N) is 1. The van der Waals surface area contributed by atoms with Crippen LogP contribution in [0.3, 0.4) is 0 Å². The molecule has 0 bridgehead atoms. The molecule has 0 aliphatic carbocycles. The van der Waals surface area contributed by atoms with Crippen molar-refractivity contribution in [2.75, 3.05) is 10.8 Å². The molecule has 0 saturated heterocycles. The SMILES string of the molecule is Cc1ccc(S(=O)(=O)N(CC(=O)N/N=C\c2ccccc2O)c2cc(Cl)cc(Cl)c2)cc1. The number of hydrogen-bond donors (Lipinski definition) is 2. The maximum Gasteiger partial charge on any atom is 0.264 e. The van der Waals surface area contributed by atoms with Crippen molar-refractivity contribution in [1.82, 2.24) is 5.43 Å². The Morgan fingerprint density at radius 2 is 1.69 bits per heavy atom. The van der Waals surface area contributed by atoms with Gasteiger partial charge in [-0.3, -0.25) is 9.10 Å². The standard InChI is InChI=1S/C22H19Cl2N3O4S/c1-15-6-8-20(9-7-15)32(30,31)27(19-11-17(23)10-18(24)12-19)14-22(29)26-25-13-16-4-2-3-5-21(16)28/h2-13,28H,14H2,1H3,(H,26,29)/b25-13-. The normalized spacial score (nSPS) is 11.5. The number of benzene rings is 3. The lowest BCUT2D eigenvalue weighted by molar-refractivity contribution is -0.119. The first kappa shape index (κ1) is 23.6. The Morgan fingerprint density at radius 3 is 2.31 bits per heavy atom. The summed E-state index contributed by atoms with van der Waals surface area (Å²) in [6.45, 7) is 1.26. The molecule has 3 aromatic carbocycles. The van der Waals surface area contributed by atoms with E-state index in [1.807, 2.05) is 6.92 Å². The average Bonchev–Trinajstić information content (AvgIpc) is 2.73. The largest absolute Gasteiger partial charge is 0.507 e. The number of carbonyl (C=O) groups is 1. The highest BCUT2D eigenvalue weighted by Crippen LogP contribution is 2.29. The van der Waals surface area contributed by atoms with E-state index in [9.17, 15) is 18.3 Å². The summed E-state index contributed by atoms with van der Waals surface area (Å²) in [5, 5.41) is 14.0. The molecule has 0 heterocycles. The number of carbonyl (C=O) groups excluding carboxylic acids is 1. The lowest BCUT2D eigenvalue weighted by Crippen LogP contribution is -2.39. The highest BCUT2D eigenvalue weighted by Gasteiger charge is 2.27. The lowest BCUT2D eigenvalue weighted by Gasteiger charge is -2.24. The maximum absolute atomic E-state index is 13.3. The summed E-state index contributed by atoms with van der Waals surface area (Å²) in [5.41, 5.74) is 3.67. The van der Waals surface area contributed by atoms with Crippen molar-refractivity contribution in [3.63, 3.8) is 0 Å². The van der Waals surface area contributed by atoms with Crippen LogP contribution in [-0.4, -0.2) is 32.2 Å². The molecule has 166 valence electrons. The number of sulfonamides is 1. The van der Waals surface area contributed by atoms with Gasteiger partial charge in [0, 0.05) is 15.6 Å². The predicted molar refractivity (Wildman–Crippen MR) is 126 cm³/mol. The molecular weight excluding hydrogens is 473 g/mol. The van der Waals surface area contributed by atoms with E-state index in [-0.39, 0.29) is 26.4 Å². The van der Waals surface area contributed by atoms with Crippen LogP contribution >= 0.6 is 23.2 Å². The van der Waals surface area contributed by atoms with Gasteiger partial charge in [-0.2, -0.15) is 5.10 Å². The van der Waals surface area contributed by atoms with Gasteiger partial charge in [0.2, 0.25) is 0 Å². The van der Waals surface area contributed by atoms with Crippen molar-refractivity contribution in [3.8, 4) is 5.75 Å². The van der Waals surface area contributed by atoms with Crippen LogP contribution in [0.25, 0.3) is 0 Å². The van der Waals surface area contributed by atoms with E-state index in [1.54, 1.807) is 30.3 Å². The van der Waals surface area contributed by atoms with E-state index in [4.69, 9.17) is 23.2 Å². The van der Waals surface area contributed by atoms with Gasteiger partial charge in [0.15, 0.2) is 0 Å². The summed E-state index contributed by atoms with van der Waals surface area (Å²) in [7, 11) is -4.12. The summed E-state index contributed by atoms with van der Waals surface area (Å²) in [4.78, 5) is 12.5. The lowest BCUT2D eigenvalue weighted by atomic mass is 10.2. The Morgan fingerprint density at radius 1 is 1.06 bits per heavy atom. The van der Waals surface area contributed by atoms with Gasteiger partial charge in [-0.05, 0) is 49.4 Å². The molecule has 7 nitrogen and oxygen atoms in total. The fourth-order valence-electron chi connectivity index (χ4n) is 2.77. The molecule has 0 saturated carbocycles. The van der Waals surface area contributed by atoms with Gasteiger partial charge in [0.1, 0.15) is 12.3 Å². The Balaban J connectivity index is 1.89. The van der Waals surface area contributed by atoms with Gasteiger partial charge in [-0.1, -0.05) is 53.0 Å². The second kappa shape index (κ2) is 10.0. The molecule has 0 fully saturated rings. The van der Waals surface area contributed by atoms with Gasteiger partial charge in [-0.15, -0.1) is 0 Å². The number of aryl methyl sites for hydroxylation is 1. The van der Waals surface area contributed by atoms with Crippen LogP contribution in [0.15, 0.2) is 76.7 Å². The fraction of sp³-hybridized carbons (Fsp3) is 0.0909. The molecule has 3 rings (SSSR count). The molecular formula is C22H19Cl2N3O4S. The molecule has 10 heteroatoms. The second-order valence-electron chi connectivity index (χ2n) is 6.80. The number of hydrazone groups is 1. The molecule has 1 amide bonds. The third kappa shape index (κ3) is 5.79. The number of amides is 1. The minimum atomic E-state index is -4.12. The molecule has 0 aliphatic rings. The predicted octanol–water partition coefficient (Wildman–Crippen LogP) is 4.35. The molecule has 0 unspecified atom stereocenters. The van der Waals surface area contributed by atoms with E-state index in [0.29, 0.717) is 5.56 Å². The van der Waals surface area contributed by atoms with Gasteiger partial charge >= 0.3 is 0 Å². The zero-order valence-electron chi connectivity index (χ0n) is 16.9. The summed E-state index contributed by atoms with van der Waals surface area (Å²) in [5.74, 6) is -0.717. The summed E-state index contributed by atoms with van der Waals surface area (Å²) in [6.07, 6.45) is 1.25. The van der Waals surface area contributed by atoms with Gasteiger partial charge in [0.25, 0.3) is 15.9 Å². The monoisotopic (exact) mass is 491 g/mol. The first-order valence-electron chi connectivity index (χ1n) is 9.32. The van der Waals surface area contributed by atoms with Crippen LogP contribution < -0.4 is 9.73 Å². The number of aromatic hydroxyl groups is 1. The Hall–Kier alpha value is -3.07. The number of para-hydroxylation sites is 1. The van der Waals surface area contributed by atoms with Crippen molar-refractivity contribution in [3.05, 3.63) is 87.9 Å². The van der Waals surface area contributed by atoms with Gasteiger partial charge in [-0.25, -0.2) is 13.8 Å². The van der Waals surface area contributed by atoms with Crippen molar-refractivity contribution < 1.29 is 18.3 Å². The van der Waals surface area contributed by atoms with Crippen LogP contribution in [0.1, 0.15) is 11.1 Å². The van der Waals surface area contributed by atoms with Crippen LogP contribution in [0.4, 0.5) is 5.69 Å². The van der Waals surface area contributed by atoms with Crippen molar-refractivity contribution in [2.24, 2.45) is 5.10 Å². The highest BCUT2D eigenvalue weighted by atomic mass is 35.5. The van der Waals surface area contributed by atoms with Crippen molar-refractivity contribution >= 4 is 51.0 Å².